The lowest BCUT2D eigenvalue weighted by Gasteiger charge is -2.25. The van der Waals surface area contributed by atoms with Crippen molar-refractivity contribution in [1.29, 1.82) is 0 Å². The maximum atomic E-state index is 13.2. The van der Waals surface area contributed by atoms with E-state index in [1.807, 2.05) is 73.8 Å². The van der Waals surface area contributed by atoms with Gasteiger partial charge in [-0.05, 0) is 54.8 Å². The number of hydrogen-bond donors (Lipinski definition) is 1. The number of anilines is 2. The van der Waals surface area contributed by atoms with Gasteiger partial charge in [-0.2, -0.15) is 0 Å². The molecule has 6 nitrogen and oxygen atoms in total. The number of carbonyl (C=O) groups excluding carboxylic acids is 2. The average Bonchev–Trinajstić information content (AvgIpc) is 3.40. The van der Waals surface area contributed by atoms with Gasteiger partial charge in [0.05, 0.1) is 18.2 Å². The van der Waals surface area contributed by atoms with Crippen molar-refractivity contribution in [3.05, 3.63) is 81.6 Å². The molecular formula is C25H24N2O4S. The molecule has 32 heavy (non-hydrogen) atoms. The van der Waals surface area contributed by atoms with Gasteiger partial charge in [0, 0.05) is 30.3 Å². The number of amides is 1. The van der Waals surface area contributed by atoms with Crippen LogP contribution >= 0.6 is 11.3 Å². The number of aliphatic hydroxyl groups is 1. The summed E-state index contributed by atoms with van der Waals surface area (Å²) in [5.41, 5.74) is 2.90. The molecule has 0 radical (unpaired) electrons. The molecule has 1 aromatic heterocycles. The van der Waals surface area contributed by atoms with Crippen LogP contribution in [0, 0.1) is 6.92 Å². The maximum Gasteiger partial charge on any atom is 0.300 e. The first kappa shape index (κ1) is 21.6. The van der Waals surface area contributed by atoms with Gasteiger partial charge in [-0.1, -0.05) is 17.7 Å². The molecule has 1 aliphatic heterocycles. The highest BCUT2D eigenvalue weighted by Crippen LogP contribution is 2.44. The number of aliphatic hydroxyl groups excluding tert-OH is 1. The fourth-order valence-corrected chi connectivity index (χ4v) is 4.70. The molecule has 4 rings (SSSR count). The number of nitrogens with zero attached hydrogens (tertiary/aromatic N) is 2. The van der Waals surface area contributed by atoms with E-state index in [4.69, 9.17) is 4.74 Å². The Morgan fingerprint density at radius 3 is 2.41 bits per heavy atom. The largest absolute Gasteiger partial charge is 0.507 e. The van der Waals surface area contributed by atoms with Crippen molar-refractivity contribution < 1.29 is 19.4 Å². The molecule has 3 aromatic rings. The fraction of sp³-hybridized carbons (Fsp3) is 0.200. The number of rotatable bonds is 5. The number of thiophene rings is 1. The highest BCUT2D eigenvalue weighted by atomic mass is 32.1. The van der Waals surface area contributed by atoms with E-state index in [-0.39, 0.29) is 11.3 Å². The number of carbonyl (C=O) groups is 2. The number of Topliss-reactive ketones (excluding diaryl/α,β-unsaturated/α-hetero) is 1. The molecule has 1 atom stereocenters. The van der Waals surface area contributed by atoms with Crippen LogP contribution in [0.15, 0.2) is 65.6 Å². The van der Waals surface area contributed by atoms with Crippen LogP contribution in [0.1, 0.15) is 22.0 Å². The molecule has 2 aromatic carbocycles. The van der Waals surface area contributed by atoms with Crippen LogP contribution in [0.4, 0.5) is 11.4 Å². The van der Waals surface area contributed by atoms with E-state index >= 15 is 0 Å². The third-order valence-electron chi connectivity index (χ3n) is 5.51. The quantitative estimate of drug-likeness (QED) is 0.346. The standard InChI is InChI=1S/C25H24N2O4S/c1-15-7-12-19(31-4)18(14-15)23(28)21-22(20-6-5-13-32-20)27(25(30)24(21)29)17-10-8-16(9-11-17)26(2)3/h5-14,22,28H,1-4H3/b23-21-. The predicted octanol–water partition coefficient (Wildman–Crippen LogP) is 4.76. The van der Waals surface area contributed by atoms with Crippen molar-refractivity contribution >= 4 is 40.2 Å². The summed E-state index contributed by atoms with van der Waals surface area (Å²) in [6.45, 7) is 1.89. The summed E-state index contributed by atoms with van der Waals surface area (Å²) in [5.74, 6) is -1.20. The Kier molecular flexibility index (Phi) is 5.76. The fourth-order valence-electron chi connectivity index (χ4n) is 3.88. The van der Waals surface area contributed by atoms with Gasteiger partial charge in [0.15, 0.2) is 0 Å². The van der Waals surface area contributed by atoms with E-state index in [0.717, 1.165) is 16.1 Å². The van der Waals surface area contributed by atoms with Crippen molar-refractivity contribution in [2.75, 3.05) is 31.0 Å². The summed E-state index contributed by atoms with van der Waals surface area (Å²) in [5, 5.41) is 13.2. The molecular weight excluding hydrogens is 424 g/mol. The highest BCUT2D eigenvalue weighted by molar-refractivity contribution is 7.10. The number of methoxy groups -OCH3 is 1. The molecule has 0 spiro atoms. The van der Waals surface area contributed by atoms with E-state index in [2.05, 4.69) is 0 Å². The second-order valence-corrected chi connectivity index (χ2v) is 8.78. The van der Waals surface area contributed by atoms with Gasteiger partial charge in [-0.25, -0.2) is 0 Å². The summed E-state index contributed by atoms with van der Waals surface area (Å²) in [7, 11) is 5.37. The zero-order valence-electron chi connectivity index (χ0n) is 18.3. The molecule has 1 amide bonds. The van der Waals surface area contributed by atoms with Gasteiger partial charge in [-0.3, -0.25) is 14.5 Å². The Balaban J connectivity index is 1.91. The molecule has 1 saturated heterocycles. The zero-order chi connectivity index (χ0) is 23.0. The molecule has 1 unspecified atom stereocenters. The van der Waals surface area contributed by atoms with Crippen molar-refractivity contribution in [3.63, 3.8) is 0 Å². The normalized spacial score (nSPS) is 17.6. The zero-order valence-corrected chi connectivity index (χ0v) is 19.1. The van der Waals surface area contributed by atoms with Crippen molar-refractivity contribution in [2.45, 2.75) is 13.0 Å². The van der Waals surface area contributed by atoms with Gasteiger partial charge in [-0.15, -0.1) is 11.3 Å². The minimum Gasteiger partial charge on any atom is -0.507 e. The molecule has 164 valence electrons. The van der Waals surface area contributed by atoms with Gasteiger partial charge < -0.3 is 14.7 Å². The van der Waals surface area contributed by atoms with Gasteiger partial charge in [0.25, 0.3) is 11.7 Å². The Hall–Kier alpha value is -3.58. The molecule has 0 saturated carbocycles. The number of ketones is 1. The number of ether oxygens (including phenoxy) is 1. The monoisotopic (exact) mass is 448 g/mol. The van der Waals surface area contributed by atoms with Crippen molar-refractivity contribution in [2.24, 2.45) is 0 Å². The van der Waals surface area contributed by atoms with Crippen LogP contribution in [-0.4, -0.2) is 38.0 Å². The van der Waals surface area contributed by atoms with E-state index in [0.29, 0.717) is 17.0 Å². The highest BCUT2D eigenvalue weighted by Gasteiger charge is 2.47. The smallest absolute Gasteiger partial charge is 0.300 e. The molecule has 2 heterocycles. The van der Waals surface area contributed by atoms with E-state index in [1.165, 1.54) is 23.3 Å². The SMILES string of the molecule is COc1ccc(C)cc1/C(O)=C1/C(=O)C(=O)N(c2ccc(N(C)C)cc2)C1c1cccs1. The first-order valence-corrected chi connectivity index (χ1v) is 11.0. The Labute approximate surface area is 191 Å². The molecule has 1 fully saturated rings. The van der Waals surface area contributed by atoms with Crippen molar-refractivity contribution in [3.8, 4) is 5.75 Å². The molecule has 0 bridgehead atoms. The van der Waals surface area contributed by atoms with Crippen LogP contribution in [0.25, 0.3) is 5.76 Å². The van der Waals surface area contributed by atoms with Gasteiger partial charge in [0.1, 0.15) is 17.6 Å². The number of hydrogen-bond acceptors (Lipinski definition) is 6. The lowest BCUT2D eigenvalue weighted by Crippen LogP contribution is -2.29. The Morgan fingerprint density at radius 2 is 1.81 bits per heavy atom. The topological polar surface area (TPSA) is 70.1 Å². The summed E-state index contributed by atoms with van der Waals surface area (Å²) in [6.07, 6.45) is 0. The van der Waals surface area contributed by atoms with Crippen LogP contribution in [0.2, 0.25) is 0 Å². The van der Waals surface area contributed by atoms with Crippen LogP contribution in [0.5, 0.6) is 5.75 Å². The Bertz CT molecular complexity index is 1200. The van der Waals surface area contributed by atoms with E-state index in [1.54, 1.807) is 12.1 Å². The van der Waals surface area contributed by atoms with Gasteiger partial charge in [0.2, 0.25) is 0 Å². The summed E-state index contributed by atoms with van der Waals surface area (Å²) in [4.78, 5) is 30.6. The minimum atomic E-state index is -0.731. The summed E-state index contributed by atoms with van der Waals surface area (Å²) in [6, 6.07) is 15.8. The molecule has 7 heteroatoms. The first-order valence-electron chi connectivity index (χ1n) is 10.1. The van der Waals surface area contributed by atoms with Crippen LogP contribution in [0.3, 0.4) is 0 Å². The molecule has 1 aliphatic rings. The summed E-state index contributed by atoms with van der Waals surface area (Å²) < 4.78 is 5.41. The maximum absolute atomic E-state index is 13.2. The predicted molar refractivity (Wildman–Crippen MR) is 128 cm³/mol. The van der Waals surface area contributed by atoms with Crippen molar-refractivity contribution in [1.82, 2.24) is 0 Å². The van der Waals surface area contributed by atoms with E-state index in [9.17, 15) is 14.7 Å². The summed E-state index contributed by atoms with van der Waals surface area (Å²) >= 11 is 1.43. The third-order valence-corrected chi connectivity index (χ3v) is 6.44. The number of aryl methyl sites for hydroxylation is 1. The molecule has 1 N–H and O–H groups in total. The second-order valence-electron chi connectivity index (χ2n) is 7.80. The minimum absolute atomic E-state index is 0.0537. The van der Waals surface area contributed by atoms with Crippen LogP contribution < -0.4 is 14.5 Å². The lowest BCUT2D eigenvalue weighted by atomic mass is 9.98. The van der Waals surface area contributed by atoms with Gasteiger partial charge >= 0.3 is 0 Å². The number of benzene rings is 2. The van der Waals surface area contributed by atoms with Crippen LogP contribution in [-0.2, 0) is 9.59 Å². The Morgan fingerprint density at radius 1 is 1.09 bits per heavy atom. The van der Waals surface area contributed by atoms with E-state index < -0.39 is 17.7 Å². The third kappa shape index (κ3) is 3.65. The molecule has 0 aliphatic carbocycles. The first-order chi connectivity index (χ1) is 15.3. The average molecular weight is 449 g/mol. The lowest BCUT2D eigenvalue weighted by molar-refractivity contribution is -0.132. The second kappa shape index (κ2) is 8.51.